The number of hydrogen-bond acceptors (Lipinski definition) is 3. The van der Waals surface area contributed by atoms with Crippen molar-refractivity contribution in [2.45, 2.75) is 43.1 Å². The Bertz CT molecular complexity index is 253. The number of alkyl halides is 1. The minimum absolute atomic E-state index is 0.464. The van der Waals surface area contributed by atoms with E-state index < -0.39 is 5.00 Å². The molecule has 1 unspecified atom stereocenters. The van der Waals surface area contributed by atoms with Gasteiger partial charge in [-0.15, -0.1) is 0 Å². The third kappa shape index (κ3) is 1.86. The van der Waals surface area contributed by atoms with Gasteiger partial charge in [0, 0.05) is 6.04 Å². The van der Waals surface area contributed by atoms with Crippen LogP contribution in [0.15, 0.2) is 11.5 Å². The molecule has 2 rings (SSSR count). The third-order valence-corrected chi connectivity index (χ3v) is 4.47. The van der Waals surface area contributed by atoms with E-state index in [0.717, 1.165) is 19.1 Å². The van der Waals surface area contributed by atoms with Crippen LogP contribution in [0.5, 0.6) is 0 Å². The van der Waals surface area contributed by atoms with E-state index in [1.54, 1.807) is 18.0 Å². The second kappa shape index (κ2) is 4.25. The summed E-state index contributed by atoms with van der Waals surface area (Å²) in [5.74, 6) is 0. The van der Waals surface area contributed by atoms with Crippen molar-refractivity contribution in [1.29, 1.82) is 0 Å². The third-order valence-electron chi connectivity index (χ3n) is 2.89. The van der Waals surface area contributed by atoms with Crippen LogP contribution < -0.4 is 0 Å². The van der Waals surface area contributed by atoms with Crippen molar-refractivity contribution in [2.24, 2.45) is 0 Å². The van der Waals surface area contributed by atoms with Gasteiger partial charge in [-0.25, -0.2) is 4.31 Å². The molecule has 0 N–H and O–H groups in total. The first-order chi connectivity index (χ1) is 6.76. The Morgan fingerprint density at radius 1 is 1.43 bits per heavy atom. The maximum Gasteiger partial charge on any atom is 0.181 e. The van der Waals surface area contributed by atoms with E-state index in [4.69, 9.17) is 11.6 Å². The lowest BCUT2D eigenvalue weighted by molar-refractivity contribution is -0.111. The molecule has 1 aliphatic heterocycles. The van der Waals surface area contributed by atoms with Crippen LogP contribution in [0, 0.1) is 0 Å². The monoisotopic (exact) mass is 231 g/mol. The van der Waals surface area contributed by atoms with E-state index in [-0.39, 0.29) is 0 Å². The molecule has 1 aliphatic carbocycles. The summed E-state index contributed by atoms with van der Waals surface area (Å²) in [4.78, 5) is 10.1. The Labute approximate surface area is 93.8 Å². The van der Waals surface area contributed by atoms with Crippen molar-refractivity contribution in [3.05, 3.63) is 11.5 Å². The Balaban J connectivity index is 2.06. The van der Waals surface area contributed by atoms with Gasteiger partial charge in [-0.1, -0.05) is 30.9 Å². The van der Waals surface area contributed by atoms with Gasteiger partial charge < -0.3 is 0 Å². The molecule has 0 saturated heterocycles. The fraction of sp³-hybridized carbons (Fsp3) is 0.700. The van der Waals surface area contributed by atoms with Crippen LogP contribution in [0.2, 0.25) is 0 Å². The minimum atomic E-state index is -0.882. The minimum Gasteiger partial charge on any atom is -0.299 e. The molecule has 0 aromatic heterocycles. The van der Waals surface area contributed by atoms with Crippen LogP contribution >= 0.6 is 23.5 Å². The molecule has 1 saturated carbocycles. The maximum atomic E-state index is 10.9. The number of nitrogens with zero attached hydrogens (tertiary/aromatic N) is 1. The Kier molecular flexibility index (Phi) is 3.20. The SMILES string of the molecule is O=CC1(Cl)C=CSN1C1CCCCC1. The molecule has 0 bridgehead atoms. The lowest BCUT2D eigenvalue weighted by Crippen LogP contribution is -2.44. The highest BCUT2D eigenvalue weighted by Crippen LogP contribution is 2.41. The Morgan fingerprint density at radius 2 is 2.14 bits per heavy atom. The van der Waals surface area contributed by atoms with Crippen LogP contribution in [-0.4, -0.2) is 21.6 Å². The zero-order valence-electron chi connectivity index (χ0n) is 7.99. The summed E-state index contributed by atoms with van der Waals surface area (Å²) in [6, 6.07) is 0.464. The quantitative estimate of drug-likeness (QED) is 0.316. The first-order valence-electron chi connectivity index (χ1n) is 5.05. The number of aldehydes is 1. The molecule has 1 fully saturated rings. The fourth-order valence-electron chi connectivity index (χ4n) is 2.12. The van der Waals surface area contributed by atoms with Gasteiger partial charge in [-0.05, 0) is 36.3 Å². The standard InChI is InChI=1S/C10H14ClNOS/c11-10(8-13)6-7-14-12(10)9-4-2-1-3-5-9/h6-9H,1-5H2. The molecule has 4 heteroatoms. The maximum absolute atomic E-state index is 10.9. The number of carbonyl (C=O) groups excluding carboxylic acids is 1. The number of carbonyl (C=O) groups is 1. The number of rotatable bonds is 2. The molecule has 0 spiro atoms. The van der Waals surface area contributed by atoms with E-state index >= 15 is 0 Å². The van der Waals surface area contributed by atoms with Gasteiger partial charge in [0.05, 0.1) is 0 Å². The first-order valence-corrected chi connectivity index (χ1v) is 6.27. The van der Waals surface area contributed by atoms with Gasteiger partial charge >= 0.3 is 0 Å². The van der Waals surface area contributed by atoms with Gasteiger partial charge in [0.25, 0.3) is 0 Å². The van der Waals surface area contributed by atoms with Crippen LogP contribution in [0.3, 0.4) is 0 Å². The Morgan fingerprint density at radius 3 is 2.79 bits per heavy atom. The van der Waals surface area contributed by atoms with Gasteiger partial charge in [0.1, 0.15) is 0 Å². The summed E-state index contributed by atoms with van der Waals surface area (Å²) in [6.07, 6.45) is 8.77. The highest BCUT2D eigenvalue weighted by Gasteiger charge is 2.40. The lowest BCUT2D eigenvalue weighted by atomic mass is 9.95. The summed E-state index contributed by atoms with van der Waals surface area (Å²) in [7, 11) is 0. The summed E-state index contributed by atoms with van der Waals surface area (Å²) in [5, 5.41) is 1.91. The molecular weight excluding hydrogens is 218 g/mol. The number of hydrogen-bond donors (Lipinski definition) is 0. The van der Waals surface area contributed by atoms with Gasteiger partial charge in [0.2, 0.25) is 0 Å². The molecule has 2 aliphatic rings. The normalized spacial score (nSPS) is 34.9. The Hall–Kier alpha value is 0.01000. The predicted octanol–water partition coefficient (Wildman–Crippen LogP) is 2.93. The molecule has 2 nitrogen and oxygen atoms in total. The van der Waals surface area contributed by atoms with Crippen molar-refractivity contribution < 1.29 is 4.79 Å². The molecule has 1 heterocycles. The fourth-order valence-corrected chi connectivity index (χ4v) is 3.56. The molecule has 1 atom stereocenters. The van der Waals surface area contributed by atoms with E-state index in [9.17, 15) is 4.79 Å². The molecular formula is C10H14ClNOS. The zero-order chi connectivity index (χ0) is 10.0. The topological polar surface area (TPSA) is 20.3 Å². The zero-order valence-corrected chi connectivity index (χ0v) is 9.56. The van der Waals surface area contributed by atoms with E-state index in [1.807, 2.05) is 9.71 Å². The predicted molar refractivity (Wildman–Crippen MR) is 60.1 cm³/mol. The summed E-state index contributed by atoms with van der Waals surface area (Å²) in [5.41, 5.74) is 0. The van der Waals surface area contributed by atoms with Crippen molar-refractivity contribution in [1.82, 2.24) is 4.31 Å². The highest BCUT2D eigenvalue weighted by atomic mass is 35.5. The van der Waals surface area contributed by atoms with Gasteiger partial charge in [-0.2, -0.15) is 0 Å². The molecule has 14 heavy (non-hydrogen) atoms. The van der Waals surface area contributed by atoms with Crippen molar-refractivity contribution in [3.8, 4) is 0 Å². The van der Waals surface area contributed by atoms with Crippen LogP contribution in [0.25, 0.3) is 0 Å². The average molecular weight is 232 g/mol. The molecule has 0 radical (unpaired) electrons. The van der Waals surface area contributed by atoms with E-state index in [0.29, 0.717) is 6.04 Å². The first kappa shape index (κ1) is 10.5. The second-order valence-electron chi connectivity index (χ2n) is 3.87. The average Bonchev–Trinajstić information content (AvgIpc) is 2.63. The van der Waals surface area contributed by atoms with E-state index in [1.165, 1.54) is 19.3 Å². The van der Waals surface area contributed by atoms with Crippen LogP contribution in [0.1, 0.15) is 32.1 Å². The van der Waals surface area contributed by atoms with Crippen LogP contribution in [-0.2, 0) is 4.79 Å². The lowest BCUT2D eigenvalue weighted by Gasteiger charge is -2.35. The van der Waals surface area contributed by atoms with E-state index in [2.05, 4.69) is 0 Å². The summed E-state index contributed by atoms with van der Waals surface area (Å²) in [6.45, 7) is 0. The molecule has 0 aromatic carbocycles. The molecule has 0 amide bonds. The summed E-state index contributed by atoms with van der Waals surface area (Å²) >= 11 is 7.77. The molecule has 0 aromatic rings. The van der Waals surface area contributed by atoms with Crippen molar-refractivity contribution in [3.63, 3.8) is 0 Å². The van der Waals surface area contributed by atoms with Crippen molar-refractivity contribution in [2.75, 3.05) is 0 Å². The van der Waals surface area contributed by atoms with Gasteiger partial charge in [0.15, 0.2) is 11.3 Å². The van der Waals surface area contributed by atoms with Crippen LogP contribution in [0.4, 0.5) is 0 Å². The van der Waals surface area contributed by atoms with Crippen molar-refractivity contribution >= 4 is 29.8 Å². The largest absolute Gasteiger partial charge is 0.299 e. The van der Waals surface area contributed by atoms with Gasteiger partial charge in [-0.3, -0.25) is 4.79 Å². The second-order valence-corrected chi connectivity index (χ2v) is 5.35. The highest BCUT2D eigenvalue weighted by molar-refractivity contribution is 8.00. The smallest absolute Gasteiger partial charge is 0.181 e. The molecule has 78 valence electrons. The summed E-state index contributed by atoms with van der Waals surface area (Å²) < 4.78 is 2.04. The number of halogens is 1.